The first-order valence-corrected chi connectivity index (χ1v) is 18.1. The second-order valence-corrected chi connectivity index (χ2v) is 15.4. The van der Waals surface area contributed by atoms with Gasteiger partial charge in [-0.1, -0.05) is 95.6 Å². The minimum atomic E-state index is -0.00204. The number of fused-ring (bicyclic) bond motifs is 7. The molecule has 7 aromatic rings. The van der Waals surface area contributed by atoms with Crippen LogP contribution in [0.2, 0.25) is 0 Å². The molecule has 0 saturated carbocycles. The van der Waals surface area contributed by atoms with E-state index in [1.807, 2.05) is 18.3 Å². The summed E-state index contributed by atoms with van der Waals surface area (Å²) in [6.07, 6.45) is 4.11. The molecule has 5 aromatic carbocycles. The number of hydrogen-bond acceptors (Lipinski definition) is 2. The molecule has 2 aliphatic rings. The van der Waals surface area contributed by atoms with Crippen molar-refractivity contribution < 1.29 is 25.8 Å². The Hall–Kier alpha value is -4.54. The van der Waals surface area contributed by atoms with Crippen LogP contribution >= 0.6 is 0 Å². The summed E-state index contributed by atoms with van der Waals surface area (Å²) in [5, 5.41) is 2.27. The summed E-state index contributed by atoms with van der Waals surface area (Å²) in [7, 11) is 0. The molecule has 1 saturated heterocycles. The van der Waals surface area contributed by atoms with Crippen molar-refractivity contribution in [3.05, 3.63) is 151 Å². The van der Waals surface area contributed by atoms with Gasteiger partial charge in [-0.3, -0.25) is 0 Å². The van der Waals surface area contributed by atoms with Crippen molar-refractivity contribution in [3.63, 3.8) is 0 Å². The molecule has 2 aromatic heterocycles. The van der Waals surface area contributed by atoms with E-state index in [0.717, 1.165) is 46.2 Å². The second kappa shape index (κ2) is 12.3. The fourth-order valence-electron chi connectivity index (χ4n) is 8.17. The molecule has 5 nitrogen and oxygen atoms in total. The third-order valence-electron chi connectivity index (χ3n) is 11.6. The van der Waals surface area contributed by atoms with Crippen LogP contribution in [0.3, 0.4) is 0 Å². The molecular formula is C46H43N4OPt-. The van der Waals surface area contributed by atoms with E-state index in [0.29, 0.717) is 20.7 Å². The van der Waals surface area contributed by atoms with Gasteiger partial charge in [0.25, 0.3) is 0 Å². The Kier molecular flexibility index (Phi) is 8.15. The monoisotopic (exact) mass is 862 g/mol. The van der Waals surface area contributed by atoms with Crippen LogP contribution in [-0.4, -0.2) is 9.55 Å². The zero-order chi connectivity index (χ0) is 35.2. The maximum atomic E-state index is 6.62. The summed E-state index contributed by atoms with van der Waals surface area (Å²) in [6.45, 7) is 16.1. The average Bonchev–Trinajstić information content (AvgIpc) is 3.65. The van der Waals surface area contributed by atoms with E-state index >= 15 is 0 Å². The van der Waals surface area contributed by atoms with Crippen LogP contribution in [0.15, 0.2) is 121 Å². The summed E-state index contributed by atoms with van der Waals surface area (Å²) >= 11 is 0. The van der Waals surface area contributed by atoms with Gasteiger partial charge >= 0.3 is 0 Å². The summed E-state index contributed by atoms with van der Waals surface area (Å²) in [4.78, 5) is 4.84. The molecule has 0 aliphatic carbocycles. The van der Waals surface area contributed by atoms with Gasteiger partial charge in [-0.25, -0.2) is 9.58 Å². The second-order valence-electron chi connectivity index (χ2n) is 15.4. The van der Waals surface area contributed by atoms with E-state index in [-0.39, 0.29) is 31.9 Å². The van der Waals surface area contributed by atoms with Gasteiger partial charge in [0.1, 0.15) is 5.82 Å². The number of rotatable bonds is 8. The van der Waals surface area contributed by atoms with Crippen molar-refractivity contribution in [3.8, 4) is 17.3 Å². The summed E-state index contributed by atoms with van der Waals surface area (Å²) < 4.78 is 10.0. The number of hydrogen-bond donors (Lipinski definition) is 0. The Balaban J connectivity index is 0.00000387. The summed E-state index contributed by atoms with van der Waals surface area (Å²) in [5.41, 5.74) is 9.68. The van der Waals surface area contributed by atoms with Gasteiger partial charge in [0.2, 0.25) is 11.4 Å². The summed E-state index contributed by atoms with van der Waals surface area (Å²) in [5.74, 6) is 2.17. The van der Waals surface area contributed by atoms with Gasteiger partial charge < -0.3 is 9.30 Å². The van der Waals surface area contributed by atoms with Gasteiger partial charge in [-0.15, -0.1) is 29.7 Å². The Morgan fingerprint density at radius 3 is 2.17 bits per heavy atom. The first-order chi connectivity index (χ1) is 24.6. The number of para-hydroxylation sites is 3. The topological polar surface area (TPSA) is 27.1 Å². The summed E-state index contributed by atoms with van der Waals surface area (Å²) in [6, 6.07) is 48.5. The minimum absolute atomic E-state index is 0. The van der Waals surface area contributed by atoms with Crippen LogP contribution in [0.1, 0.15) is 65.5 Å². The van der Waals surface area contributed by atoms with Crippen LogP contribution in [0.5, 0.6) is 11.5 Å². The maximum absolute atomic E-state index is 6.62. The van der Waals surface area contributed by atoms with E-state index in [2.05, 4.69) is 168 Å². The van der Waals surface area contributed by atoms with E-state index < -0.39 is 0 Å². The number of quaternary nitrogens is 2. The molecule has 6 heteroatoms. The van der Waals surface area contributed by atoms with Gasteiger partial charge in [0.15, 0.2) is 12.4 Å². The van der Waals surface area contributed by atoms with Gasteiger partial charge in [-0.2, -0.15) is 16.7 Å². The van der Waals surface area contributed by atoms with Crippen LogP contribution in [0, 0.1) is 18.8 Å². The molecule has 0 spiro atoms. The molecule has 1 fully saturated rings. The number of ether oxygens (including phenoxy) is 1. The zero-order valence-corrected chi connectivity index (χ0v) is 32.8. The third-order valence-corrected chi connectivity index (χ3v) is 11.6. The van der Waals surface area contributed by atoms with Crippen molar-refractivity contribution in [2.24, 2.45) is 0 Å². The first-order valence-electron chi connectivity index (χ1n) is 18.1. The fraction of sp³-hybridized carbons (Fsp3) is 0.217. The number of pyridine rings is 1. The number of nitrogens with zero attached hydrogens (tertiary/aromatic N) is 4. The smallest absolute Gasteiger partial charge is 0.225 e. The molecule has 0 radical (unpaired) electrons. The van der Waals surface area contributed by atoms with Crippen LogP contribution in [0.25, 0.3) is 27.6 Å². The van der Waals surface area contributed by atoms with Crippen LogP contribution in [-0.2, 0) is 31.9 Å². The normalized spacial score (nSPS) is 19.0. The maximum Gasteiger partial charge on any atom is 0.225 e. The molecule has 264 valence electrons. The average molecular weight is 863 g/mol. The van der Waals surface area contributed by atoms with E-state index in [4.69, 9.17) is 9.72 Å². The van der Waals surface area contributed by atoms with E-state index in [9.17, 15) is 0 Å². The molecule has 4 heterocycles. The van der Waals surface area contributed by atoms with Gasteiger partial charge in [0, 0.05) is 68.5 Å². The molecular weight excluding hydrogens is 820 g/mol. The quantitative estimate of drug-likeness (QED) is 0.0865. The van der Waals surface area contributed by atoms with Crippen molar-refractivity contribution >= 4 is 44.6 Å². The zero-order valence-electron chi connectivity index (χ0n) is 30.6. The van der Waals surface area contributed by atoms with Gasteiger partial charge in [-0.05, 0) is 58.4 Å². The van der Waals surface area contributed by atoms with Crippen molar-refractivity contribution in [1.82, 2.24) is 18.7 Å². The van der Waals surface area contributed by atoms with Gasteiger partial charge in [0.05, 0.1) is 5.69 Å². The largest absolute Gasteiger partial charge is 0.509 e. The predicted molar refractivity (Wildman–Crippen MR) is 209 cm³/mol. The minimum Gasteiger partial charge on any atom is -0.509 e. The molecule has 52 heavy (non-hydrogen) atoms. The molecule has 0 amide bonds. The van der Waals surface area contributed by atoms with Crippen molar-refractivity contribution in [2.45, 2.75) is 65.2 Å². The molecule has 2 atom stereocenters. The molecule has 1 unspecified atom stereocenters. The number of aromatic nitrogens is 2. The molecule has 0 N–H and O–H groups in total. The molecule has 2 aliphatic heterocycles. The molecule has 0 bridgehead atoms. The fourth-order valence-corrected chi connectivity index (χ4v) is 8.17. The molecule has 9 rings (SSSR count). The first kappa shape index (κ1) is 34.5. The standard InChI is InChI=1S/C46H43N4O.Pt/c1-7-46(6,8-2)33-15-13-16-34(27-33)49-31-50(49,43-22-12-11-21-42(43)49)35-17-14-18-36(29-35)51-37-23-24-39-38-19-9-10-20-40(38)48(41(39)30-37)44-28-32(25-26-47-44)45(3,4)5;/h9-28,31H,7-8H2,1-6H3;/q-1;/t49-,50?;/m0./s1. The van der Waals surface area contributed by atoms with Crippen molar-refractivity contribution in [1.29, 1.82) is 0 Å². The van der Waals surface area contributed by atoms with E-state index in [1.165, 1.54) is 28.2 Å². The Morgan fingerprint density at radius 1 is 0.692 bits per heavy atom. The van der Waals surface area contributed by atoms with Crippen LogP contribution in [0.4, 0.5) is 22.7 Å². The SMILES string of the molecule is CCC(C)(CC)c1cccc([N@+]23[CH-][N+]2(c2[c-]c(Oc4[c-]c5c(cc4)c4ccccc4n5-c4cc(C(C)(C)C)ccn4)ccc2)c2ccccc23)c1.[Pt]. The Labute approximate surface area is 321 Å². The number of benzene rings is 5. The Morgan fingerprint density at radius 2 is 1.40 bits per heavy atom. The van der Waals surface area contributed by atoms with Crippen molar-refractivity contribution in [2.75, 3.05) is 0 Å². The van der Waals surface area contributed by atoms with E-state index in [1.54, 1.807) is 0 Å². The Bertz CT molecular complexity index is 2490. The predicted octanol–water partition coefficient (Wildman–Crippen LogP) is 12.3. The third kappa shape index (κ3) is 4.90. The van der Waals surface area contributed by atoms with Crippen LogP contribution < -0.4 is 13.9 Å².